The van der Waals surface area contributed by atoms with Gasteiger partial charge in [0.1, 0.15) is 0 Å². The minimum absolute atomic E-state index is 0.00432. The Morgan fingerprint density at radius 1 is 1.03 bits per heavy atom. The number of hydrogen-bond acceptors (Lipinski definition) is 7. The molecule has 1 N–H and O–H groups in total. The third-order valence-corrected chi connectivity index (χ3v) is 8.32. The number of carbonyl (C=O) groups is 1. The van der Waals surface area contributed by atoms with E-state index in [2.05, 4.69) is 11.3 Å². The Kier molecular flexibility index (Phi) is 7.27. The summed E-state index contributed by atoms with van der Waals surface area (Å²) in [6.45, 7) is 3.65. The Bertz CT molecular complexity index is 1280. The van der Waals surface area contributed by atoms with Crippen LogP contribution < -0.4 is 4.72 Å². The Morgan fingerprint density at radius 2 is 1.67 bits per heavy atom. The maximum atomic E-state index is 12.9. The van der Waals surface area contributed by atoms with Crippen LogP contribution in [0.15, 0.2) is 71.0 Å². The average Bonchev–Trinajstić information content (AvgIpc) is 2.82. The molecule has 1 aliphatic heterocycles. The van der Waals surface area contributed by atoms with Crippen molar-refractivity contribution in [2.75, 3.05) is 32.7 Å². The van der Waals surface area contributed by atoms with E-state index in [0.717, 1.165) is 10.4 Å². The molecule has 0 bridgehead atoms. The fraction of sp³-hybridized carbons (Fsp3) is 0.250. The molecule has 13 heteroatoms. The lowest BCUT2D eigenvalue weighted by molar-refractivity contribution is -0.385. The third kappa shape index (κ3) is 5.45. The van der Waals surface area contributed by atoms with Crippen molar-refractivity contribution in [1.29, 1.82) is 0 Å². The van der Waals surface area contributed by atoms with Gasteiger partial charge < -0.3 is 4.90 Å². The van der Waals surface area contributed by atoms with Crippen LogP contribution in [0.4, 0.5) is 5.69 Å². The van der Waals surface area contributed by atoms with Gasteiger partial charge in [-0.1, -0.05) is 18.2 Å². The first-order valence-electron chi connectivity index (χ1n) is 9.81. The molecule has 2 aromatic carbocycles. The first kappa shape index (κ1) is 24.5. The van der Waals surface area contributed by atoms with Crippen LogP contribution in [-0.4, -0.2) is 69.6 Å². The molecule has 0 radical (unpaired) electrons. The molecule has 1 heterocycles. The third-order valence-electron chi connectivity index (χ3n) is 5.00. The van der Waals surface area contributed by atoms with Crippen LogP contribution in [0.25, 0.3) is 0 Å². The van der Waals surface area contributed by atoms with Gasteiger partial charge in [-0.15, -0.1) is 6.58 Å². The number of nitro groups is 1. The molecule has 0 spiro atoms. The molecular formula is C20H22N4O7S2. The molecule has 0 aromatic heterocycles. The highest BCUT2D eigenvalue weighted by Gasteiger charge is 2.31. The van der Waals surface area contributed by atoms with E-state index in [9.17, 15) is 31.7 Å². The number of nitrogens with one attached hydrogen (secondary N) is 1. The summed E-state index contributed by atoms with van der Waals surface area (Å²) < 4.78 is 53.8. The van der Waals surface area contributed by atoms with Gasteiger partial charge in [0.2, 0.25) is 20.0 Å². The van der Waals surface area contributed by atoms with Crippen molar-refractivity contribution in [3.05, 3.63) is 76.9 Å². The zero-order valence-corrected chi connectivity index (χ0v) is 19.1. The lowest BCUT2D eigenvalue weighted by atomic mass is 10.2. The lowest BCUT2D eigenvalue weighted by Gasteiger charge is -2.34. The van der Waals surface area contributed by atoms with Gasteiger partial charge in [-0.05, 0) is 24.3 Å². The number of nitro benzene ring substituents is 1. The zero-order valence-electron chi connectivity index (χ0n) is 17.5. The topological polar surface area (TPSA) is 147 Å². The molecule has 3 rings (SSSR count). The van der Waals surface area contributed by atoms with E-state index in [1.165, 1.54) is 53.4 Å². The highest BCUT2D eigenvalue weighted by Crippen LogP contribution is 2.23. The van der Waals surface area contributed by atoms with Crippen molar-refractivity contribution < 1.29 is 26.6 Å². The summed E-state index contributed by atoms with van der Waals surface area (Å²) in [5.41, 5.74) is -0.172. The standard InChI is InChI=1S/C20H22N4O7S2/c1-2-9-21-32(28,29)18-7-3-5-16(14-18)20(25)22-10-12-23(13-11-22)33(30,31)19-8-4-6-17(15-19)24(26)27/h2-8,14-15,21H,1,9-13H2. The molecular weight excluding hydrogens is 472 g/mol. The first-order valence-corrected chi connectivity index (χ1v) is 12.7. The Balaban J connectivity index is 1.72. The molecule has 1 saturated heterocycles. The second-order valence-corrected chi connectivity index (χ2v) is 10.8. The predicted molar refractivity (Wildman–Crippen MR) is 120 cm³/mol. The second kappa shape index (κ2) is 9.79. The van der Waals surface area contributed by atoms with E-state index in [1.54, 1.807) is 0 Å². The zero-order chi connectivity index (χ0) is 24.2. The van der Waals surface area contributed by atoms with Crippen LogP contribution in [0.3, 0.4) is 0 Å². The summed E-state index contributed by atoms with van der Waals surface area (Å²) in [5.74, 6) is -0.428. The minimum atomic E-state index is -3.97. The summed E-state index contributed by atoms with van der Waals surface area (Å²) >= 11 is 0. The number of sulfonamides is 2. The number of piperazine rings is 1. The molecule has 11 nitrogen and oxygen atoms in total. The number of amides is 1. The quantitative estimate of drug-likeness (QED) is 0.329. The maximum Gasteiger partial charge on any atom is 0.270 e. The molecule has 1 amide bonds. The normalized spacial score (nSPS) is 15.2. The van der Waals surface area contributed by atoms with E-state index in [-0.39, 0.29) is 53.8 Å². The van der Waals surface area contributed by atoms with Gasteiger partial charge in [-0.3, -0.25) is 14.9 Å². The second-order valence-electron chi connectivity index (χ2n) is 7.12. The largest absolute Gasteiger partial charge is 0.336 e. The Labute approximate surface area is 191 Å². The van der Waals surface area contributed by atoms with Crippen LogP contribution in [0, 0.1) is 10.1 Å². The van der Waals surface area contributed by atoms with Gasteiger partial charge in [-0.2, -0.15) is 4.31 Å². The summed E-state index contributed by atoms with van der Waals surface area (Å²) in [6.07, 6.45) is 1.40. The van der Waals surface area contributed by atoms with Gasteiger partial charge in [0.25, 0.3) is 11.6 Å². The molecule has 33 heavy (non-hydrogen) atoms. The molecule has 0 aliphatic carbocycles. The molecule has 0 unspecified atom stereocenters. The van der Waals surface area contributed by atoms with Gasteiger partial charge in [0, 0.05) is 50.4 Å². The molecule has 0 atom stereocenters. The molecule has 1 fully saturated rings. The first-order chi connectivity index (χ1) is 15.6. The average molecular weight is 495 g/mol. The number of hydrogen-bond donors (Lipinski definition) is 1. The van der Waals surface area contributed by atoms with E-state index < -0.39 is 30.9 Å². The number of carbonyl (C=O) groups excluding carboxylic acids is 1. The summed E-state index contributed by atoms with van der Waals surface area (Å²) in [4.78, 5) is 24.3. The van der Waals surface area contributed by atoms with Crippen molar-refractivity contribution >= 4 is 31.6 Å². The number of benzene rings is 2. The summed E-state index contributed by atoms with van der Waals surface area (Å²) in [5, 5.41) is 11.0. The van der Waals surface area contributed by atoms with E-state index in [0.29, 0.717) is 0 Å². The molecule has 0 saturated carbocycles. The van der Waals surface area contributed by atoms with Crippen molar-refractivity contribution in [3.8, 4) is 0 Å². The van der Waals surface area contributed by atoms with E-state index in [1.807, 2.05) is 0 Å². The number of rotatable bonds is 8. The lowest BCUT2D eigenvalue weighted by Crippen LogP contribution is -2.50. The van der Waals surface area contributed by atoms with Crippen LogP contribution in [0.5, 0.6) is 0 Å². The summed E-state index contributed by atoms with van der Waals surface area (Å²) in [7, 11) is -7.78. The Morgan fingerprint density at radius 3 is 2.30 bits per heavy atom. The summed E-state index contributed by atoms with van der Waals surface area (Å²) in [6, 6.07) is 10.4. The van der Waals surface area contributed by atoms with Crippen molar-refractivity contribution in [2.24, 2.45) is 0 Å². The van der Waals surface area contributed by atoms with Crippen molar-refractivity contribution in [1.82, 2.24) is 13.9 Å². The van der Waals surface area contributed by atoms with Gasteiger partial charge in [0.15, 0.2) is 0 Å². The molecule has 1 aliphatic rings. The van der Waals surface area contributed by atoms with E-state index in [4.69, 9.17) is 0 Å². The highest BCUT2D eigenvalue weighted by molar-refractivity contribution is 7.89. The van der Waals surface area contributed by atoms with Crippen LogP contribution >= 0.6 is 0 Å². The van der Waals surface area contributed by atoms with Crippen molar-refractivity contribution in [3.63, 3.8) is 0 Å². The SMILES string of the molecule is C=CCNS(=O)(=O)c1cccc(C(=O)N2CCN(S(=O)(=O)c3cccc([N+](=O)[O-])c3)CC2)c1. The van der Waals surface area contributed by atoms with Gasteiger partial charge in [-0.25, -0.2) is 21.6 Å². The predicted octanol–water partition coefficient (Wildman–Crippen LogP) is 1.21. The molecule has 176 valence electrons. The van der Waals surface area contributed by atoms with E-state index >= 15 is 0 Å². The number of nitrogens with zero attached hydrogens (tertiary/aromatic N) is 3. The van der Waals surface area contributed by atoms with Gasteiger partial charge in [0.05, 0.1) is 14.7 Å². The van der Waals surface area contributed by atoms with Crippen LogP contribution in [0.2, 0.25) is 0 Å². The van der Waals surface area contributed by atoms with Crippen LogP contribution in [0.1, 0.15) is 10.4 Å². The Hall–Kier alpha value is -3.13. The van der Waals surface area contributed by atoms with Crippen LogP contribution in [-0.2, 0) is 20.0 Å². The maximum absolute atomic E-state index is 12.9. The highest BCUT2D eigenvalue weighted by atomic mass is 32.2. The fourth-order valence-electron chi connectivity index (χ4n) is 3.27. The number of non-ortho nitro benzene ring substituents is 1. The monoisotopic (exact) mass is 494 g/mol. The fourth-order valence-corrected chi connectivity index (χ4v) is 5.78. The minimum Gasteiger partial charge on any atom is -0.336 e. The van der Waals surface area contributed by atoms with Crippen molar-refractivity contribution in [2.45, 2.75) is 9.79 Å². The smallest absolute Gasteiger partial charge is 0.270 e. The molecule has 2 aromatic rings. The van der Waals surface area contributed by atoms with Gasteiger partial charge >= 0.3 is 0 Å².